The minimum absolute atomic E-state index is 0.00747. The summed E-state index contributed by atoms with van der Waals surface area (Å²) in [6.45, 7) is 3.93. The van der Waals surface area contributed by atoms with E-state index in [1.54, 1.807) is 12.1 Å². The van der Waals surface area contributed by atoms with Crippen LogP contribution in [0.5, 0.6) is 5.75 Å². The van der Waals surface area contributed by atoms with E-state index in [0.29, 0.717) is 10.7 Å². The zero-order valence-electron chi connectivity index (χ0n) is 17.5. The van der Waals surface area contributed by atoms with Crippen molar-refractivity contribution in [2.75, 3.05) is 5.73 Å². The summed E-state index contributed by atoms with van der Waals surface area (Å²) in [5.41, 5.74) is 11.2. The number of hydrogen-bond acceptors (Lipinski definition) is 6. The highest BCUT2D eigenvalue weighted by Crippen LogP contribution is 2.42. The molecule has 0 saturated carbocycles. The summed E-state index contributed by atoms with van der Waals surface area (Å²) in [5, 5.41) is 13.7. The van der Waals surface area contributed by atoms with Crippen molar-refractivity contribution < 1.29 is 9.90 Å². The minimum atomic E-state index is 0.00747. The number of hydrogen-bond donors (Lipinski definition) is 2. The second-order valence-corrected chi connectivity index (χ2v) is 9.65. The van der Waals surface area contributed by atoms with Crippen molar-refractivity contribution in [3.05, 3.63) is 87.6 Å². The fourth-order valence-electron chi connectivity index (χ4n) is 4.02. The predicted octanol–water partition coefficient (Wildman–Crippen LogP) is 6.83. The highest BCUT2D eigenvalue weighted by molar-refractivity contribution is 7.21. The summed E-state index contributed by atoms with van der Waals surface area (Å²) in [7, 11) is 0. The van der Waals surface area contributed by atoms with Gasteiger partial charge in [0.25, 0.3) is 0 Å². The number of benzene rings is 3. The number of nitrogen functional groups attached to an aromatic ring is 1. The first-order valence-corrected chi connectivity index (χ1v) is 11.8. The maximum absolute atomic E-state index is 13.8. The molecule has 0 atom stereocenters. The normalized spacial score (nSPS) is 11.2. The van der Waals surface area contributed by atoms with Gasteiger partial charge in [-0.2, -0.15) is 0 Å². The van der Waals surface area contributed by atoms with Crippen LogP contribution < -0.4 is 5.73 Å². The molecular weight excluding hydrogens is 436 g/mol. The van der Waals surface area contributed by atoms with Gasteiger partial charge in [0.2, 0.25) is 5.78 Å². The van der Waals surface area contributed by atoms with Crippen molar-refractivity contribution in [1.82, 2.24) is 4.98 Å². The van der Waals surface area contributed by atoms with Crippen LogP contribution in [0.25, 0.3) is 31.8 Å². The maximum Gasteiger partial charge on any atom is 0.204 e. The minimum Gasteiger partial charge on any atom is -0.508 e. The summed E-state index contributed by atoms with van der Waals surface area (Å²) in [4.78, 5) is 18.8. The first-order valence-electron chi connectivity index (χ1n) is 10.1. The molecule has 32 heavy (non-hydrogen) atoms. The van der Waals surface area contributed by atoms with Crippen LogP contribution in [-0.4, -0.2) is 15.9 Å². The predicted molar refractivity (Wildman–Crippen MR) is 134 cm³/mol. The lowest BCUT2D eigenvalue weighted by atomic mass is 9.93. The number of aryl methyl sites for hydroxylation is 2. The van der Waals surface area contributed by atoms with Crippen LogP contribution in [0, 0.1) is 13.8 Å². The van der Waals surface area contributed by atoms with Crippen LogP contribution in [0.2, 0.25) is 0 Å². The third kappa shape index (κ3) is 3.47. The van der Waals surface area contributed by atoms with Gasteiger partial charge in [0.15, 0.2) is 0 Å². The molecular formula is C26H20N2O2S2. The molecule has 2 aromatic heterocycles. The van der Waals surface area contributed by atoms with Gasteiger partial charge in [-0.15, -0.1) is 22.7 Å². The molecule has 3 aromatic carbocycles. The first-order chi connectivity index (χ1) is 15.4. The standard InChI is InChI=1S/C26H20N2O2S2/c1-14-4-3-5-15(2)22(14)24(30)25-23(19-11-10-18(29)12-20(19)32-25)16-6-8-17(9-7-16)26-28-21(27)13-31-26/h3-13,29H,27H2,1-2H3. The smallest absolute Gasteiger partial charge is 0.204 e. The fraction of sp³-hybridized carbons (Fsp3) is 0.0769. The summed E-state index contributed by atoms with van der Waals surface area (Å²) in [5.74, 6) is 0.709. The zero-order chi connectivity index (χ0) is 22.4. The van der Waals surface area contributed by atoms with Crippen LogP contribution in [-0.2, 0) is 0 Å². The van der Waals surface area contributed by atoms with E-state index in [1.807, 2.05) is 67.8 Å². The summed E-state index contributed by atoms with van der Waals surface area (Å²) >= 11 is 2.92. The number of carbonyl (C=O) groups is 1. The lowest BCUT2D eigenvalue weighted by molar-refractivity contribution is 0.104. The molecule has 0 spiro atoms. The van der Waals surface area contributed by atoms with E-state index in [-0.39, 0.29) is 11.5 Å². The van der Waals surface area contributed by atoms with Gasteiger partial charge in [0.1, 0.15) is 16.6 Å². The Morgan fingerprint density at radius 3 is 2.31 bits per heavy atom. The van der Waals surface area contributed by atoms with E-state index in [2.05, 4.69) is 4.98 Å². The van der Waals surface area contributed by atoms with Gasteiger partial charge in [0, 0.05) is 32.2 Å². The van der Waals surface area contributed by atoms with Crippen molar-refractivity contribution in [2.24, 2.45) is 0 Å². The number of nitrogens with zero attached hydrogens (tertiary/aromatic N) is 1. The number of aromatic nitrogens is 1. The van der Waals surface area contributed by atoms with Crippen molar-refractivity contribution in [3.8, 4) is 27.4 Å². The molecule has 0 bridgehead atoms. The number of nitrogens with two attached hydrogens (primary N) is 1. The van der Waals surface area contributed by atoms with E-state index in [0.717, 1.165) is 48.5 Å². The number of aromatic hydroxyl groups is 1. The molecule has 0 aliphatic heterocycles. The lowest BCUT2D eigenvalue weighted by Crippen LogP contribution is -2.05. The van der Waals surface area contributed by atoms with Gasteiger partial charge in [-0.1, -0.05) is 42.5 Å². The van der Waals surface area contributed by atoms with Crippen molar-refractivity contribution in [3.63, 3.8) is 0 Å². The van der Waals surface area contributed by atoms with E-state index >= 15 is 0 Å². The molecule has 5 aromatic rings. The van der Waals surface area contributed by atoms with E-state index in [1.165, 1.54) is 22.7 Å². The van der Waals surface area contributed by atoms with Crippen molar-refractivity contribution >= 4 is 44.4 Å². The molecule has 5 rings (SSSR count). The fourth-order valence-corrected chi connectivity index (χ4v) is 5.94. The Morgan fingerprint density at radius 2 is 1.66 bits per heavy atom. The number of carbonyl (C=O) groups excluding carboxylic acids is 1. The van der Waals surface area contributed by atoms with Gasteiger partial charge >= 0.3 is 0 Å². The third-order valence-corrected chi connectivity index (χ3v) is 7.59. The summed E-state index contributed by atoms with van der Waals surface area (Å²) in [6, 6.07) is 19.2. The monoisotopic (exact) mass is 456 g/mol. The van der Waals surface area contributed by atoms with E-state index < -0.39 is 0 Å². The Bertz CT molecular complexity index is 1460. The molecule has 0 radical (unpaired) electrons. The third-order valence-electron chi connectivity index (χ3n) is 5.53. The molecule has 0 unspecified atom stereocenters. The Kier molecular flexibility index (Phi) is 5.04. The Labute approximate surface area is 193 Å². The van der Waals surface area contributed by atoms with Crippen LogP contribution in [0.3, 0.4) is 0 Å². The average molecular weight is 457 g/mol. The number of thiazole rings is 1. The second kappa shape index (κ2) is 7.89. The zero-order valence-corrected chi connectivity index (χ0v) is 19.2. The molecule has 0 fully saturated rings. The average Bonchev–Trinajstić information content (AvgIpc) is 3.37. The molecule has 3 N–H and O–H groups in total. The highest BCUT2D eigenvalue weighted by Gasteiger charge is 2.23. The SMILES string of the molecule is Cc1cccc(C)c1C(=O)c1sc2cc(O)ccc2c1-c1ccc(-c2nc(N)cs2)cc1. The maximum atomic E-state index is 13.8. The topological polar surface area (TPSA) is 76.2 Å². The molecule has 0 saturated heterocycles. The first kappa shape index (κ1) is 20.4. The molecule has 0 aliphatic rings. The van der Waals surface area contributed by atoms with Gasteiger partial charge in [0.05, 0.1) is 4.88 Å². The Balaban J connectivity index is 1.69. The number of fused-ring (bicyclic) bond motifs is 1. The summed E-state index contributed by atoms with van der Waals surface area (Å²) < 4.78 is 0.881. The van der Waals surface area contributed by atoms with Gasteiger partial charge in [-0.05, 0) is 48.7 Å². The molecule has 158 valence electrons. The molecule has 2 heterocycles. The van der Waals surface area contributed by atoms with Gasteiger partial charge in [-0.25, -0.2) is 4.98 Å². The van der Waals surface area contributed by atoms with E-state index in [9.17, 15) is 9.90 Å². The molecule has 4 nitrogen and oxygen atoms in total. The highest BCUT2D eigenvalue weighted by atomic mass is 32.1. The van der Waals surface area contributed by atoms with Gasteiger partial charge in [-0.3, -0.25) is 4.79 Å². The number of rotatable bonds is 4. The largest absolute Gasteiger partial charge is 0.508 e. The van der Waals surface area contributed by atoms with Crippen molar-refractivity contribution in [2.45, 2.75) is 13.8 Å². The second-order valence-electron chi connectivity index (χ2n) is 7.74. The number of phenolic OH excluding ortho intramolecular Hbond substituents is 1. The number of anilines is 1. The molecule has 0 amide bonds. The van der Waals surface area contributed by atoms with Crippen molar-refractivity contribution in [1.29, 1.82) is 0 Å². The molecule has 0 aliphatic carbocycles. The number of ketones is 1. The number of phenols is 1. The Hall–Kier alpha value is -3.48. The van der Waals surface area contributed by atoms with Gasteiger partial charge < -0.3 is 10.8 Å². The van der Waals surface area contributed by atoms with Crippen LogP contribution >= 0.6 is 22.7 Å². The molecule has 6 heteroatoms. The summed E-state index contributed by atoms with van der Waals surface area (Å²) in [6.07, 6.45) is 0. The van der Waals surface area contributed by atoms with Crippen LogP contribution in [0.1, 0.15) is 26.4 Å². The van der Waals surface area contributed by atoms with E-state index in [4.69, 9.17) is 5.73 Å². The van der Waals surface area contributed by atoms with Crippen LogP contribution in [0.4, 0.5) is 5.82 Å². The number of thiophene rings is 1. The quantitative estimate of drug-likeness (QED) is 0.291. The lowest BCUT2D eigenvalue weighted by Gasteiger charge is -2.10. The Morgan fingerprint density at radius 1 is 0.969 bits per heavy atom. The van der Waals surface area contributed by atoms with Crippen LogP contribution in [0.15, 0.2) is 66.0 Å².